The van der Waals surface area contributed by atoms with Gasteiger partial charge in [0.1, 0.15) is 0 Å². The van der Waals surface area contributed by atoms with Crippen LogP contribution in [0.2, 0.25) is 0 Å². The lowest BCUT2D eigenvalue weighted by Gasteiger charge is -2.22. The van der Waals surface area contributed by atoms with Gasteiger partial charge < -0.3 is 15.8 Å². The third-order valence-electron chi connectivity index (χ3n) is 2.07. The number of nitrogens with two attached hydrogens (primary N) is 1. The number of nitrogens with one attached hydrogen (secondary N) is 1. The van der Waals surface area contributed by atoms with Gasteiger partial charge in [0.2, 0.25) is 5.91 Å². The summed E-state index contributed by atoms with van der Waals surface area (Å²) in [5, 5.41) is 2.86. The van der Waals surface area contributed by atoms with E-state index in [0.29, 0.717) is 26.1 Å². The molecule has 0 unspecified atom stereocenters. The van der Waals surface area contributed by atoms with Gasteiger partial charge in [-0.05, 0) is 18.4 Å². The van der Waals surface area contributed by atoms with Crippen LogP contribution in [0.4, 0.5) is 0 Å². The van der Waals surface area contributed by atoms with E-state index in [2.05, 4.69) is 5.32 Å². The zero-order chi connectivity index (χ0) is 11.0. The van der Waals surface area contributed by atoms with Gasteiger partial charge in [0.05, 0.1) is 0 Å². The maximum atomic E-state index is 11.3. The van der Waals surface area contributed by atoms with E-state index < -0.39 is 0 Å². The van der Waals surface area contributed by atoms with Gasteiger partial charge in [-0.1, -0.05) is 13.8 Å². The minimum Gasteiger partial charge on any atom is -0.385 e. The predicted molar refractivity (Wildman–Crippen MR) is 57.0 cm³/mol. The summed E-state index contributed by atoms with van der Waals surface area (Å²) in [5.41, 5.74) is 5.53. The molecule has 0 aliphatic heterocycles. The van der Waals surface area contributed by atoms with Crippen molar-refractivity contribution in [3.63, 3.8) is 0 Å². The van der Waals surface area contributed by atoms with Crippen LogP contribution >= 0.6 is 0 Å². The molecule has 14 heavy (non-hydrogen) atoms. The Hall–Kier alpha value is -0.610. The van der Waals surface area contributed by atoms with Crippen molar-refractivity contribution >= 4 is 5.91 Å². The smallest absolute Gasteiger partial charge is 0.220 e. The molecule has 0 saturated heterocycles. The van der Waals surface area contributed by atoms with Gasteiger partial charge in [-0.15, -0.1) is 0 Å². The van der Waals surface area contributed by atoms with E-state index in [4.69, 9.17) is 10.5 Å². The van der Waals surface area contributed by atoms with Crippen molar-refractivity contribution < 1.29 is 9.53 Å². The number of hydrogen-bond donors (Lipinski definition) is 2. The van der Waals surface area contributed by atoms with Gasteiger partial charge in [0.15, 0.2) is 0 Å². The van der Waals surface area contributed by atoms with Crippen LogP contribution in [0.1, 0.15) is 26.7 Å². The Kier molecular flexibility index (Phi) is 6.49. The van der Waals surface area contributed by atoms with E-state index in [0.717, 1.165) is 6.42 Å². The first-order chi connectivity index (χ1) is 6.52. The first kappa shape index (κ1) is 13.4. The van der Waals surface area contributed by atoms with E-state index in [-0.39, 0.29) is 11.3 Å². The quantitative estimate of drug-likeness (QED) is 0.591. The molecule has 0 aliphatic rings. The van der Waals surface area contributed by atoms with Crippen LogP contribution in [-0.2, 0) is 9.53 Å². The average Bonchev–Trinajstić information content (AvgIpc) is 2.16. The van der Waals surface area contributed by atoms with Crippen molar-refractivity contribution in [2.75, 3.05) is 26.8 Å². The summed E-state index contributed by atoms with van der Waals surface area (Å²) in [6.45, 7) is 5.90. The highest BCUT2D eigenvalue weighted by atomic mass is 16.5. The van der Waals surface area contributed by atoms with Crippen LogP contribution in [0.15, 0.2) is 0 Å². The molecule has 0 aromatic carbocycles. The van der Waals surface area contributed by atoms with E-state index in [1.807, 2.05) is 13.8 Å². The van der Waals surface area contributed by atoms with E-state index >= 15 is 0 Å². The lowest BCUT2D eigenvalue weighted by atomic mass is 9.94. The second-order valence-corrected chi connectivity index (χ2v) is 4.24. The summed E-state index contributed by atoms with van der Waals surface area (Å²) in [6, 6.07) is 0. The summed E-state index contributed by atoms with van der Waals surface area (Å²) < 4.78 is 4.86. The molecule has 4 heteroatoms. The Morgan fingerprint density at radius 1 is 1.50 bits per heavy atom. The summed E-state index contributed by atoms with van der Waals surface area (Å²) in [4.78, 5) is 11.3. The molecule has 0 aromatic heterocycles. The molecular formula is C10H22N2O2. The molecule has 3 N–H and O–H groups in total. The van der Waals surface area contributed by atoms with Crippen LogP contribution in [0.5, 0.6) is 0 Å². The average molecular weight is 202 g/mol. The summed E-state index contributed by atoms with van der Waals surface area (Å²) in [6.07, 6.45) is 1.29. The predicted octanol–water partition coefficient (Wildman–Crippen LogP) is 0.514. The molecular weight excluding hydrogens is 180 g/mol. The maximum absolute atomic E-state index is 11.3. The number of amides is 1. The van der Waals surface area contributed by atoms with Gasteiger partial charge in [0, 0.05) is 26.7 Å². The largest absolute Gasteiger partial charge is 0.385 e. The fourth-order valence-electron chi connectivity index (χ4n) is 0.875. The third-order valence-corrected chi connectivity index (χ3v) is 2.07. The molecule has 4 nitrogen and oxygen atoms in total. The van der Waals surface area contributed by atoms with E-state index in [1.165, 1.54) is 0 Å². The highest BCUT2D eigenvalue weighted by molar-refractivity contribution is 5.75. The van der Waals surface area contributed by atoms with Crippen molar-refractivity contribution in [1.82, 2.24) is 5.32 Å². The molecule has 0 aliphatic carbocycles. The highest BCUT2D eigenvalue weighted by Crippen LogP contribution is 2.09. The Bertz CT molecular complexity index is 170. The zero-order valence-corrected chi connectivity index (χ0v) is 9.43. The Morgan fingerprint density at radius 2 is 2.14 bits per heavy atom. The van der Waals surface area contributed by atoms with Crippen molar-refractivity contribution in [3.05, 3.63) is 0 Å². The minimum absolute atomic E-state index is 0.0169. The molecule has 0 saturated carbocycles. The number of carbonyl (C=O) groups is 1. The van der Waals surface area contributed by atoms with E-state index in [1.54, 1.807) is 7.11 Å². The number of carbonyl (C=O) groups excluding carboxylic acids is 1. The summed E-state index contributed by atoms with van der Waals surface area (Å²) in [5.74, 6) is 0.0728. The molecule has 0 radical (unpaired) electrons. The van der Waals surface area contributed by atoms with Crippen molar-refractivity contribution in [3.8, 4) is 0 Å². The molecule has 0 fully saturated rings. The molecule has 0 bridgehead atoms. The maximum Gasteiger partial charge on any atom is 0.220 e. The van der Waals surface area contributed by atoms with Crippen LogP contribution in [0.3, 0.4) is 0 Å². The molecule has 0 atom stereocenters. The van der Waals surface area contributed by atoms with Gasteiger partial charge in [-0.3, -0.25) is 4.79 Å². The fraction of sp³-hybridized carbons (Fsp3) is 0.900. The van der Waals surface area contributed by atoms with Crippen LogP contribution in [-0.4, -0.2) is 32.7 Å². The summed E-state index contributed by atoms with van der Waals surface area (Å²) in [7, 11) is 1.63. The lowest BCUT2D eigenvalue weighted by Crippen LogP contribution is -2.38. The van der Waals surface area contributed by atoms with Crippen LogP contribution in [0.25, 0.3) is 0 Å². The third kappa shape index (κ3) is 6.86. The number of rotatable bonds is 7. The van der Waals surface area contributed by atoms with Crippen LogP contribution in [0, 0.1) is 5.41 Å². The second kappa shape index (κ2) is 6.79. The first-order valence-electron chi connectivity index (χ1n) is 4.97. The molecule has 0 spiro atoms. The molecule has 0 aromatic rings. The SMILES string of the molecule is COCCCC(=O)NCC(C)(C)CN. The van der Waals surface area contributed by atoms with Gasteiger partial charge in [-0.25, -0.2) is 0 Å². The Balaban J connectivity index is 3.53. The van der Waals surface area contributed by atoms with Gasteiger partial charge in [-0.2, -0.15) is 0 Å². The molecule has 1 amide bonds. The standard InChI is InChI=1S/C10H22N2O2/c1-10(2,7-11)8-12-9(13)5-4-6-14-3/h4-8,11H2,1-3H3,(H,12,13). The van der Waals surface area contributed by atoms with Gasteiger partial charge in [0.25, 0.3) is 0 Å². The topological polar surface area (TPSA) is 64.3 Å². The van der Waals surface area contributed by atoms with E-state index in [9.17, 15) is 4.79 Å². The summed E-state index contributed by atoms with van der Waals surface area (Å²) >= 11 is 0. The monoisotopic (exact) mass is 202 g/mol. The number of methoxy groups -OCH3 is 1. The molecule has 0 rings (SSSR count). The molecule has 0 heterocycles. The zero-order valence-electron chi connectivity index (χ0n) is 9.43. The number of hydrogen-bond acceptors (Lipinski definition) is 3. The number of ether oxygens (including phenoxy) is 1. The Morgan fingerprint density at radius 3 is 2.64 bits per heavy atom. The highest BCUT2D eigenvalue weighted by Gasteiger charge is 2.16. The normalized spacial score (nSPS) is 11.4. The fourth-order valence-corrected chi connectivity index (χ4v) is 0.875. The lowest BCUT2D eigenvalue weighted by molar-refractivity contribution is -0.121. The van der Waals surface area contributed by atoms with Crippen molar-refractivity contribution in [2.45, 2.75) is 26.7 Å². The first-order valence-corrected chi connectivity index (χ1v) is 4.97. The van der Waals surface area contributed by atoms with Gasteiger partial charge >= 0.3 is 0 Å². The minimum atomic E-state index is -0.0169. The second-order valence-electron chi connectivity index (χ2n) is 4.24. The van der Waals surface area contributed by atoms with Crippen molar-refractivity contribution in [2.24, 2.45) is 11.1 Å². The molecule has 84 valence electrons. The Labute approximate surface area is 86.2 Å². The van der Waals surface area contributed by atoms with Crippen LogP contribution < -0.4 is 11.1 Å². The van der Waals surface area contributed by atoms with Crippen molar-refractivity contribution in [1.29, 1.82) is 0 Å².